The lowest BCUT2D eigenvalue weighted by molar-refractivity contribution is -0.141. The molecule has 0 spiro atoms. The van der Waals surface area contributed by atoms with Crippen molar-refractivity contribution >= 4 is 17.7 Å². The molecule has 1 saturated heterocycles. The summed E-state index contributed by atoms with van der Waals surface area (Å²) >= 11 is 0.877. The van der Waals surface area contributed by atoms with Gasteiger partial charge in [0.15, 0.2) is 5.16 Å². The number of ether oxygens (including phenoxy) is 1. The topological polar surface area (TPSA) is 61.0 Å². The van der Waals surface area contributed by atoms with E-state index in [1.54, 1.807) is 4.90 Å². The van der Waals surface area contributed by atoms with Gasteiger partial charge < -0.3 is 9.64 Å². The van der Waals surface area contributed by atoms with Crippen molar-refractivity contribution in [3.05, 3.63) is 18.2 Å². The quantitative estimate of drug-likeness (QED) is 0.551. The third-order valence-corrected chi connectivity index (χ3v) is 4.58. The molecule has 13 heteroatoms. The van der Waals surface area contributed by atoms with Crippen molar-refractivity contribution < 1.29 is 26.7 Å². The van der Waals surface area contributed by atoms with Crippen LogP contribution in [0, 0.1) is 0 Å². The molecule has 0 aromatic carbocycles. The van der Waals surface area contributed by atoms with Gasteiger partial charge >= 0.3 is 12.7 Å². The maximum absolute atomic E-state index is 13.0. The van der Waals surface area contributed by atoms with Gasteiger partial charge in [-0.15, -0.1) is 10.2 Å². The van der Waals surface area contributed by atoms with Gasteiger partial charge in [-0.3, -0.25) is 9.13 Å². The van der Waals surface area contributed by atoms with Crippen molar-refractivity contribution in [2.45, 2.75) is 30.2 Å². The summed E-state index contributed by atoms with van der Waals surface area (Å²) in [6.45, 7) is -2.48. The maximum Gasteiger partial charge on any atom is 0.406 e. The molecule has 0 aliphatic carbocycles. The fourth-order valence-electron chi connectivity index (χ4n) is 2.47. The van der Waals surface area contributed by atoms with E-state index in [1.165, 1.54) is 6.20 Å². The van der Waals surface area contributed by atoms with Crippen molar-refractivity contribution in [1.29, 1.82) is 0 Å². The summed E-state index contributed by atoms with van der Waals surface area (Å²) in [4.78, 5) is 5.47. The molecule has 26 heavy (non-hydrogen) atoms. The normalized spacial score (nSPS) is 15.8. The van der Waals surface area contributed by atoms with E-state index >= 15 is 0 Å². The largest absolute Gasteiger partial charge is 0.406 e. The molecule has 0 amide bonds. The molecule has 144 valence electrons. The first-order valence-corrected chi connectivity index (χ1v) is 8.59. The molecule has 3 rings (SSSR count). The fraction of sp³-hybridized carbons (Fsp3) is 0.615. The van der Waals surface area contributed by atoms with Crippen LogP contribution in [0.25, 0.3) is 0 Å². The highest BCUT2D eigenvalue weighted by Gasteiger charge is 2.33. The lowest BCUT2D eigenvalue weighted by Gasteiger charge is -2.28. The summed E-state index contributed by atoms with van der Waals surface area (Å²) < 4.78 is 71.4. The number of alkyl halides is 5. The maximum atomic E-state index is 13.0. The zero-order valence-corrected chi connectivity index (χ0v) is 14.2. The number of nitrogens with zero attached hydrogens (tertiary/aromatic N) is 6. The Hall–Kier alpha value is -1.89. The Morgan fingerprint density at radius 3 is 2.58 bits per heavy atom. The zero-order chi connectivity index (χ0) is 18.7. The van der Waals surface area contributed by atoms with Gasteiger partial charge in [-0.1, -0.05) is 11.8 Å². The second-order valence-electron chi connectivity index (χ2n) is 5.40. The molecule has 1 aliphatic rings. The molecule has 2 aromatic rings. The number of rotatable bonds is 6. The van der Waals surface area contributed by atoms with E-state index < -0.39 is 19.3 Å². The van der Waals surface area contributed by atoms with Gasteiger partial charge in [-0.05, 0) is 0 Å². The number of thioether (sulfide) groups is 1. The molecule has 0 radical (unpaired) electrons. The fourth-order valence-corrected chi connectivity index (χ4v) is 3.35. The van der Waals surface area contributed by atoms with Gasteiger partial charge in [0, 0.05) is 25.5 Å². The van der Waals surface area contributed by atoms with Gasteiger partial charge in [0.2, 0.25) is 5.95 Å². The SMILES string of the molecule is FC(F)n1ccnc1CSc1nnc(N2CCOCC2)n1CC(F)(F)F. The van der Waals surface area contributed by atoms with Crippen LogP contribution in [0.3, 0.4) is 0 Å². The van der Waals surface area contributed by atoms with Gasteiger partial charge in [0.25, 0.3) is 0 Å². The van der Waals surface area contributed by atoms with Crippen molar-refractivity contribution in [3.63, 3.8) is 0 Å². The van der Waals surface area contributed by atoms with E-state index in [2.05, 4.69) is 15.2 Å². The van der Waals surface area contributed by atoms with Crippen molar-refractivity contribution in [2.24, 2.45) is 0 Å². The van der Waals surface area contributed by atoms with Crippen molar-refractivity contribution in [3.8, 4) is 0 Å². The number of anilines is 1. The highest BCUT2D eigenvalue weighted by atomic mass is 32.2. The van der Waals surface area contributed by atoms with Crippen molar-refractivity contribution in [1.82, 2.24) is 24.3 Å². The number of halogens is 5. The van der Waals surface area contributed by atoms with Crippen LogP contribution in [0.5, 0.6) is 0 Å². The molecule has 0 atom stereocenters. The van der Waals surface area contributed by atoms with E-state index in [4.69, 9.17) is 4.74 Å². The standard InChI is InChI=1S/C13H15F5N6OS/c14-10(15)23-2-1-19-9(23)7-26-12-21-20-11(22-3-5-25-6-4-22)24(12)8-13(16,17)18/h1-2,10H,3-8H2. The summed E-state index contributed by atoms with van der Waals surface area (Å²) in [5.41, 5.74) is 0. The van der Waals surface area contributed by atoms with Crippen LogP contribution in [0.1, 0.15) is 12.4 Å². The van der Waals surface area contributed by atoms with E-state index in [1.807, 2.05) is 0 Å². The van der Waals surface area contributed by atoms with Gasteiger partial charge in [0.05, 0.1) is 19.0 Å². The summed E-state index contributed by atoms with van der Waals surface area (Å²) in [6, 6.07) is 0. The second-order valence-corrected chi connectivity index (χ2v) is 6.34. The third kappa shape index (κ3) is 4.44. The minimum absolute atomic E-state index is 0.00682. The summed E-state index contributed by atoms with van der Waals surface area (Å²) in [5.74, 6) is 0.0704. The Morgan fingerprint density at radius 1 is 1.19 bits per heavy atom. The zero-order valence-electron chi connectivity index (χ0n) is 13.4. The molecular weight excluding hydrogens is 383 g/mol. The summed E-state index contributed by atoms with van der Waals surface area (Å²) in [7, 11) is 0. The van der Waals surface area contributed by atoms with E-state index in [9.17, 15) is 22.0 Å². The first kappa shape index (κ1) is 18.9. The highest BCUT2D eigenvalue weighted by Crippen LogP contribution is 2.29. The number of aromatic nitrogens is 5. The van der Waals surface area contributed by atoms with Gasteiger partial charge in [0.1, 0.15) is 12.4 Å². The van der Waals surface area contributed by atoms with Crippen LogP contribution in [0.2, 0.25) is 0 Å². The van der Waals surface area contributed by atoms with Crippen LogP contribution < -0.4 is 4.90 Å². The van der Waals surface area contributed by atoms with E-state index in [-0.39, 0.29) is 22.7 Å². The Kier molecular flexibility index (Phi) is 5.65. The number of hydrogen-bond acceptors (Lipinski definition) is 6. The minimum atomic E-state index is -4.47. The molecule has 2 aromatic heterocycles. The van der Waals surface area contributed by atoms with Gasteiger partial charge in [-0.2, -0.15) is 22.0 Å². The lowest BCUT2D eigenvalue weighted by Crippen LogP contribution is -2.38. The number of imidazole rings is 1. The van der Waals surface area contributed by atoms with Crippen molar-refractivity contribution in [2.75, 3.05) is 31.2 Å². The molecule has 3 heterocycles. The summed E-state index contributed by atoms with van der Waals surface area (Å²) in [5, 5.41) is 7.68. The average molecular weight is 398 g/mol. The predicted molar refractivity (Wildman–Crippen MR) is 82.2 cm³/mol. The molecule has 7 nitrogen and oxygen atoms in total. The Morgan fingerprint density at radius 2 is 1.92 bits per heavy atom. The lowest BCUT2D eigenvalue weighted by atomic mass is 10.4. The predicted octanol–water partition coefficient (Wildman–Crippen LogP) is 2.56. The van der Waals surface area contributed by atoms with E-state index in [0.717, 1.165) is 22.5 Å². The first-order chi connectivity index (χ1) is 12.3. The van der Waals surface area contributed by atoms with Gasteiger partial charge in [-0.25, -0.2) is 4.98 Å². The van der Waals surface area contributed by atoms with Crippen LogP contribution in [0.4, 0.5) is 27.9 Å². The van der Waals surface area contributed by atoms with Crippen LogP contribution >= 0.6 is 11.8 Å². The minimum Gasteiger partial charge on any atom is -0.378 e. The van der Waals surface area contributed by atoms with Crippen LogP contribution in [0.15, 0.2) is 17.6 Å². The molecule has 0 unspecified atom stereocenters. The van der Waals surface area contributed by atoms with E-state index in [0.29, 0.717) is 30.9 Å². The molecule has 0 saturated carbocycles. The number of hydrogen-bond donors (Lipinski definition) is 0. The highest BCUT2D eigenvalue weighted by molar-refractivity contribution is 7.98. The Bertz CT molecular complexity index is 727. The smallest absolute Gasteiger partial charge is 0.378 e. The summed E-state index contributed by atoms with van der Waals surface area (Å²) in [6.07, 6.45) is -2.15. The third-order valence-electron chi connectivity index (χ3n) is 3.62. The molecule has 1 aliphatic heterocycles. The first-order valence-electron chi connectivity index (χ1n) is 7.60. The molecule has 0 N–H and O–H groups in total. The average Bonchev–Trinajstić information content (AvgIpc) is 3.19. The molecular formula is C13H15F5N6OS. The van der Waals surface area contributed by atoms with Crippen LogP contribution in [-0.2, 0) is 17.0 Å². The second kappa shape index (κ2) is 7.78. The Balaban J connectivity index is 1.81. The number of morpholine rings is 1. The monoisotopic (exact) mass is 398 g/mol. The molecule has 0 bridgehead atoms. The molecule has 1 fully saturated rings. The Labute approximate surface area is 149 Å². The van der Waals surface area contributed by atoms with Crippen LogP contribution in [-0.4, -0.2) is 56.8 Å².